The van der Waals surface area contributed by atoms with E-state index in [1.54, 1.807) is 52.3 Å². The van der Waals surface area contributed by atoms with Crippen molar-refractivity contribution < 1.29 is 42.6 Å². The minimum Gasteiger partial charge on any atom is -0.492 e. The molecule has 0 radical (unpaired) electrons. The Labute approximate surface area is 377 Å². The van der Waals surface area contributed by atoms with E-state index in [0.29, 0.717) is 86.1 Å². The molecule has 0 aliphatic carbocycles. The Kier molecular flexibility index (Phi) is 15.5. The van der Waals surface area contributed by atoms with E-state index in [0.717, 1.165) is 28.3 Å². The zero-order valence-corrected chi connectivity index (χ0v) is 36.8. The zero-order valence-electron chi connectivity index (χ0n) is 36.8. The molecule has 5 aromatic rings. The maximum absolute atomic E-state index is 14.0. The van der Waals surface area contributed by atoms with E-state index in [9.17, 15) is 24.0 Å². The Bertz CT molecular complexity index is 2480. The summed E-state index contributed by atoms with van der Waals surface area (Å²) < 4.78 is 23.5. The molecule has 7 N–H and O–H groups in total. The van der Waals surface area contributed by atoms with Crippen LogP contribution in [0.5, 0.6) is 11.5 Å². The molecule has 1 saturated heterocycles. The number of carbonyl (C=O) groups excluding carboxylic acids is 5. The first-order valence-electron chi connectivity index (χ1n) is 21.9. The number of amides is 5. The summed E-state index contributed by atoms with van der Waals surface area (Å²) in [5, 5.41) is 10.9. The SMILES string of the molecule is CN(C)CCOc1ccc2oc(C(=O)N3CCc4c3cc(OC(=O)N3CCN(C(=O)OCc5ccc(NC(=O)[C@H](CCCN)NC(=O)CNCCN)cc5)CC3)c3ccccc43)cc2c1. The minimum atomic E-state index is -0.764. The molecule has 3 heterocycles. The summed E-state index contributed by atoms with van der Waals surface area (Å²) in [5.41, 5.74) is 14.5. The van der Waals surface area contributed by atoms with Gasteiger partial charge in [0.15, 0.2) is 5.76 Å². The lowest BCUT2D eigenvalue weighted by atomic mass is 10.0. The molecule has 2 aliphatic heterocycles. The fourth-order valence-electron chi connectivity index (χ4n) is 7.75. The lowest BCUT2D eigenvalue weighted by molar-refractivity contribution is -0.126. The highest BCUT2D eigenvalue weighted by Crippen LogP contribution is 2.41. The van der Waals surface area contributed by atoms with Crippen LogP contribution in [0.3, 0.4) is 0 Å². The van der Waals surface area contributed by atoms with Gasteiger partial charge in [0.25, 0.3) is 5.91 Å². The Morgan fingerprint density at radius 3 is 2.31 bits per heavy atom. The summed E-state index contributed by atoms with van der Waals surface area (Å²) in [6.07, 6.45) is 0.457. The number of nitrogens with one attached hydrogen (secondary N) is 3. The number of carbonyl (C=O) groups is 5. The third-order valence-electron chi connectivity index (χ3n) is 11.3. The minimum absolute atomic E-state index is 0.00521. The molecular weight excluding hydrogens is 835 g/mol. The summed E-state index contributed by atoms with van der Waals surface area (Å²) >= 11 is 0. The molecule has 0 unspecified atom stereocenters. The highest BCUT2D eigenvalue weighted by molar-refractivity contribution is 6.10. The molecule has 18 nitrogen and oxygen atoms in total. The van der Waals surface area contributed by atoms with Gasteiger partial charge in [-0.05, 0) is 92.8 Å². The van der Waals surface area contributed by atoms with Crippen LogP contribution >= 0.6 is 0 Å². The summed E-state index contributed by atoms with van der Waals surface area (Å²) in [6, 6.07) is 22.7. The number of benzene rings is 4. The number of nitrogens with two attached hydrogens (primary N) is 2. The fourth-order valence-corrected chi connectivity index (χ4v) is 7.75. The predicted molar refractivity (Wildman–Crippen MR) is 246 cm³/mol. The molecule has 5 amide bonds. The zero-order chi connectivity index (χ0) is 45.9. The predicted octanol–water partition coefficient (Wildman–Crippen LogP) is 3.89. The van der Waals surface area contributed by atoms with Gasteiger partial charge in [-0.25, -0.2) is 9.59 Å². The molecule has 1 aromatic heterocycles. The first kappa shape index (κ1) is 46.3. The van der Waals surface area contributed by atoms with Crippen molar-refractivity contribution in [3.8, 4) is 11.5 Å². The second-order valence-corrected chi connectivity index (χ2v) is 16.2. The van der Waals surface area contributed by atoms with E-state index < -0.39 is 18.2 Å². The van der Waals surface area contributed by atoms with Crippen molar-refractivity contribution >= 4 is 63.0 Å². The van der Waals surface area contributed by atoms with Crippen LogP contribution < -0.4 is 41.8 Å². The highest BCUT2D eigenvalue weighted by Gasteiger charge is 2.32. The first-order valence-corrected chi connectivity index (χ1v) is 21.9. The van der Waals surface area contributed by atoms with Crippen molar-refractivity contribution in [3.63, 3.8) is 0 Å². The number of anilines is 2. The summed E-state index contributed by atoms with van der Waals surface area (Å²) in [7, 11) is 3.96. The molecule has 0 saturated carbocycles. The second-order valence-electron chi connectivity index (χ2n) is 16.2. The molecule has 4 aromatic carbocycles. The van der Waals surface area contributed by atoms with E-state index in [-0.39, 0.29) is 62.8 Å². The molecule has 0 spiro atoms. The summed E-state index contributed by atoms with van der Waals surface area (Å²) in [6.45, 7) is 3.93. The molecule has 1 atom stereocenters. The van der Waals surface area contributed by atoms with Crippen molar-refractivity contribution in [2.75, 3.05) is 96.4 Å². The van der Waals surface area contributed by atoms with E-state index in [2.05, 4.69) is 16.0 Å². The largest absolute Gasteiger partial charge is 0.492 e. The standard InChI is InChI=1S/C47H57N9O9/c1-53(2)24-25-62-34-13-14-40-32(26-34)27-42(64-40)45(59)56-19-15-36-35-6-3-4-7-37(35)41(28-39(36)56)65-47(61)55-22-20-54(21-23-55)46(60)63-30-31-9-11-33(12-10-31)51-44(58)38(8-5-16-48)52-43(57)29-50-18-17-49/h3-4,6-7,9-14,26-28,38,50H,5,8,15-25,29-30,48-49H2,1-2H3,(H,51,58)(H,52,57)/t38-/m0/s1. The molecule has 0 bridgehead atoms. The van der Waals surface area contributed by atoms with Crippen LogP contribution in [-0.4, -0.2) is 137 Å². The smallest absolute Gasteiger partial charge is 0.415 e. The van der Waals surface area contributed by atoms with Crippen LogP contribution in [0.2, 0.25) is 0 Å². The van der Waals surface area contributed by atoms with Crippen LogP contribution in [0.1, 0.15) is 34.5 Å². The average Bonchev–Trinajstić information content (AvgIpc) is 3.94. The molecule has 7 rings (SSSR count). The van der Waals surface area contributed by atoms with Gasteiger partial charge in [-0.15, -0.1) is 0 Å². The quantitative estimate of drug-likeness (QED) is 0.0789. The van der Waals surface area contributed by atoms with Crippen molar-refractivity contribution in [3.05, 3.63) is 95.7 Å². The Hall–Kier alpha value is -6.73. The number of piperazine rings is 1. The van der Waals surface area contributed by atoms with Crippen molar-refractivity contribution in [2.45, 2.75) is 31.9 Å². The van der Waals surface area contributed by atoms with Crippen LogP contribution in [-0.2, 0) is 27.4 Å². The summed E-state index contributed by atoms with van der Waals surface area (Å²) in [4.78, 5) is 72.8. The van der Waals surface area contributed by atoms with Crippen LogP contribution in [0.15, 0.2) is 83.3 Å². The van der Waals surface area contributed by atoms with Crippen molar-refractivity contribution in [1.29, 1.82) is 0 Å². The molecule has 18 heteroatoms. The van der Waals surface area contributed by atoms with Crippen LogP contribution in [0.25, 0.3) is 21.7 Å². The number of nitrogens with zero attached hydrogens (tertiary/aromatic N) is 4. The van der Waals surface area contributed by atoms with E-state index in [4.69, 9.17) is 30.1 Å². The van der Waals surface area contributed by atoms with Crippen LogP contribution in [0.4, 0.5) is 21.0 Å². The van der Waals surface area contributed by atoms with Gasteiger partial charge in [-0.2, -0.15) is 0 Å². The Morgan fingerprint density at radius 1 is 0.846 bits per heavy atom. The average molecular weight is 892 g/mol. The number of furan rings is 1. The van der Waals surface area contributed by atoms with Gasteiger partial charge in [0, 0.05) is 74.9 Å². The first-order chi connectivity index (χ1) is 31.5. The van der Waals surface area contributed by atoms with Crippen LogP contribution in [0, 0.1) is 0 Å². The maximum atomic E-state index is 14.0. The third kappa shape index (κ3) is 11.7. The van der Waals surface area contributed by atoms with Crippen molar-refractivity contribution in [1.82, 2.24) is 25.3 Å². The van der Waals surface area contributed by atoms with Gasteiger partial charge in [0.2, 0.25) is 11.8 Å². The molecule has 344 valence electrons. The normalized spacial score (nSPS) is 14.1. The van der Waals surface area contributed by atoms with Gasteiger partial charge in [-0.3, -0.25) is 14.4 Å². The van der Waals surface area contributed by atoms with Gasteiger partial charge in [-0.1, -0.05) is 36.4 Å². The van der Waals surface area contributed by atoms with Gasteiger partial charge in [0.1, 0.15) is 36.3 Å². The van der Waals surface area contributed by atoms with E-state index in [1.165, 1.54) is 4.90 Å². The van der Waals surface area contributed by atoms with E-state index >= 15 is 0 Å². The second kappa shape index (κ2) is 21.8. The number of rotatable bonds is 18. The number of fused-ring (bicyclic) bond motifs is 4. The number of ether oxygens (including phenoxy) is 3. The van der Waals surface area contributed by atoms with E-state index in [1.807, 2.05) is 55.4 Å². The van der Waals surface area contributed by atoms with Gasteiger partial charge < -0.3 is 65.6 Å². The number of hydrogen-bond acceptors (Lipinski definition) is 13. The maximum Gasteiger partial charge on any atom is 0.415 e. The third-order valence-corrected chi connectivity index (χ3v) is 11.3. The monoisotopic (exact) mass is 891 g/mol. The molecule has 2 aliphatic rings. The van der Waals surface area contributed by atoms with Gasteiger partial charge >= 0.3 is 12.2 Å². The topological polar surface area (TPSA) is 227 Å². The van der Waals surface area contributed by atoms with Crippen molar-refractivity contribution in [2.24, 2.45) is 11.5 Å². The Balaban J connectivity index is 0.916. The molecule has 1 fully saturated rings. The summed E-state index contributed by atoms with van der Waals surface area (Å²) in [5.74, 6) is 0.217. The lowest BCUT2D eigenvalue weighted by Crippen LogP contribution is -2.51. The number of hydrogen-bond donors (Lipinski definition) is 5. The molecular formula is C47H57N9O9. The fraction of sp³-hybridized carbons (Fsp3) is 0.383. The highest BCUT2D eigenvalue weighted by atomic mass is 16.6. The number of likely N-dealkylation sites (N-methyl/N-ethyl adjacent to an activating group) is 1. The lowest BCUT2D eigenvalue weighted by Gasteiger charge is -2.33. The Morgan fingerprint density at radius 2 is 1.58 bits per heavy atom. The van der Waals surface area contributed by atoms with Gasteiger partial charge in [0.05, 0.1) is 12.2 Å². The molecule has 65 heavy (non-hydrogen) atoms.